The van der Waals surface area contributed by atoms with Crippen molar-refractivity contribution in [2.24, 2.45) is 5.10 Å². The zero-order valence-corrected chi connectivity index (χ0v) is 14.8. The minimum Gasteiger partial charge on any atom is -0.493 e. The highest BCUT2D eigenvalue weighted by Gasteiger charge is 2.05. The number of nitrogens with zero attached hydrogens (tertiary/aromatic N) is 4. The van der Waals surface area contributed by atoms with Crippen LogP contribution in [0.25, 0.3) is 0 Å². The lowest BCUT2D eigenvalue weighted by molar-refractivity contribution is 0.211. The summed E-state index contributed by atoms with van der Waals surface area (Å²) in [5.74, 6) is 2.00. The Morgan fingerprint density at radius 1 is 1.00 bits per heavy atom. The van der Waals surface area contributed by atoms with Gasteiger partial charge in [0.15, 0.2) is 11.5 Å². The van der Waals surface area contributed by atoms with Crippen LogP contribution < -0.4 is 14.2 Å². The normalized spacial score (nSPS) is 10.8. The fourth-order valence-electron chi connectivity index (χ4n) is 2.18. The van der Waals surface area contributed by atoms with E-state index in [9.17, 15) is 0 Å². The third-order valence-corrected chi connectivity index (χ3v) is 3.61. The first-order valence-corrected chi connectivity index (χ1v) is 8.21. The fraction of sp³-hybridized carbons (Fsp3) is 0.167. The summed E-state index contributed by atoms with van der Waals surface area (Å²) in [7, 11) is 1.60. The van der Waals surface area contributed by atoms with E-state index in [1.165, 1.54) is 17.3 Å². The van der Waals surface area contributed by atoms with Crippen LogP contribution in [0.2, 0.25) is 5.02 Å². The Kier molecular flexibility index (Phi) is 6.05. The maximum Gasteiger partial charge on any atom is 0.161 e. The number of ether oxygens (including phenoxy) is 3. The molecule has 0 saturated heterocycles. The molecule has 0 N–H and O–H groups in total. The molecular weight excluding hydrogens is 356 g/mol. The summed E-state index contributed by atoms with van der Waals surface area (Å²) in [5, 5.41) is 12.2. The van der Waals surface area contributed by atoms with E-state index in [1.54, 1.807) is 31.5 Å². The Morgan fingerprint density at radius 3 is 2.42 bits per heavy atom. The second-order valence-corrected chi connectivity index (χ2v) is 5.55. The zero-order chi connectivity index (χ0) is 18.2. The molecule has 0 atom stereocenters. The van der Waals surface area contributed by atoms with Gasteiger partial charge in [-0.25, -0.2) is 4.68 Å². The van der Waals surface area contributed by atoms with Crippen LogP contribution in [0.1, 0.15) is 5.56 Å². The molecule has 3 aromatic rings. The Balaban J connectivity index is 1.61. The van der Waals surface area contributed by atoms with Crippen LogP contribution in [0.5, 0.6) is 17.2 Å². The number of hydrogen-bond donors (Lipinski definition) is 0. The third-order valence-electron chi connectivity index (χ3n) is 3.38. The number of halogens is 1. The van der Waals surface area contributed by atoms with Crippen molar-refractivity contribution in [3.8, 4) is 17.2 Å². The van der Waals surface area contributed by atoms with E-state index in [-0.39, 0.29) is 0 Å². The van der Waals surface area contributed by atoms with Gasteiger partial charge < -0.3 is 14.2 Å². The van der Waals surface area contributed by atoms with Crippen molar-refractivity contribution >= 4 is 17.8 Å². The molecule has 26 heavy (non-hydrogen) atoms. The van der Waals surface area contributed by atoms with E-state index in [4.69, 9.17) is 25.8 Å². The van der Waals surface area contributed by atoms with Gasteiger partial charge in [-0.15, -0.1) is 10.2 Å². The van der Waals surface area contributed by atoms with Gasteiger partial charge in [-0.3, -0.25) is 0 Å². The van der Waals surface area contributed by atoms with Crippen LogP contribution in [-0.4, -0.2) is 41.4 Å². The molecule has 8 heteroatoms. The molecule has 0 amide bonds. The van der Waals surface area contributed by atoms with E-state index in [2.05, 4.69) is 15.3 Å². The minimum absolute atomic E-state index is 0.354. The predicted octanol–water partition coefficient (Wildman–Crippen LogP) is 3.28. The monoisotopic (exact) mass is 372 g/mol. The topological polar surface area (TPSA) is 70.8 Å². The van der Waals surface area contributed by atoms with Crippen LogP contribution in [0.3, 0.4) is 0 Å². The average Bonchev–Trinajstić information content (AvgIpc) is 3.18. The van der Waals surface area contributed by atoms with E-state index in [0.717, 1.165) is 5.56 Å². The van der Waals surface area contributed by atoms with E-state index >= 15 is 0 Å². The second-order valence-electron chi connectivity index (χ2n) is 5.12. The van der Waals surface area contributed by atoms with Crippen LogP contribution in [-0.2, 0) is 0 Å². The van der Waals surface area contributed by atoms with Gasteiger partial charge in [0.2, 0.25) is 0 Å². The average molecular weight is 373 g/mol. The second kappa shape index (κ2) is 8.87. The number of aromatic nitrogens is 3. The fourth-order valence-corrected chi connectivity index (χ4v) is 2.36. The van der Waals surface area contributed by atoms with Crippen molar-refractivity contribution in [1.82, 2.24) is 14.9 Å². The Bertz CT molecular complexity index is 869. The van der Waals surface area contributed by atoms with E-state index < -0.39 is 0 Å². The van der Waals surface area contributed by atoms with Gasteiger partial charge in [-0.2, -0.15) is 5.10 Å². The van der Waals surface area contributed by atoms with Gasteiger partial charge >= 0.3 is 0 Å². The molecule has 0 aliphatic carbocycles. The zero-order valence-electron chi connectivity index (χ0n) is 14.1. The van der Waals surface area contributed by atoms with Crippen molar-refractivity contribution in [3.63, 3.8) is 0 Å². The first-order chi connectivity index (χ1) is 12.8. The summed E-state index contributed by atoms with van der Waals surface area (Å²) in [5.41, 5.74) is 0.739. The largest absolute Gasteiger partial charge is 0.493 e. The van der Waals surface area contributed by atoms with Crippen LogP contribution >= 0.6 is 11.6 Å². The van der Waals surface area contributed by atoms with Gasteiger partial charge in [0.25, 0.3) is 0 Å². The van der Waals surface area contributed by atoms with Crippen molar-refractivity contribution < 1.29 is 14.2 Å². The maximum atomic E-state index is 6.06. The third kappa shape index (κ3) is 4.73. The van der Waals surface area contributed by atoms with Crippen LogP contribution in [0.15, 0.2) is 60.2 Å². The van der Waals surface area contributed by atoms with E-state index in [0.29, 0.717) is 35.5 Å². The lowest BCUT2D eigenvalue weighted by Gasteiger charge is -2.12. The van der Waals surface area contributed by atoms with Crippen molar-refractivity contribution in [2.45, 2.75) is 0 Å². The van der Waals surface area contributed by atoms with Crippen molar-refractivity contribution in [3.05, 3.63) is 65.7 Å². The van der Waals surface area contributed by atoms with Crippen LogP contribution in [0, 0.1) is 0 Å². The molecule has 0 saturated carbocycles. The number of benzene rings is 2. The molecule has 134 valence electrons. The van der Waals surface area contributed by atoms with Gasteiger partial charge in [0.05, 0.1) is 13.3 Å². The molecule has 0 fully saturated rings. The highest BCUT2D eigenvalue weighted by Crippen LogP contribution is 2.26. The number of para-hydroxylation sites is 2. The molecule has 3 rings (SSSR count). The minimum atomic E-state index is 0.354. The summed E-state index contributed by atoms with van der Waals surface area (Å²) in [6.07, 6.45) is 4.61. The van der Waals surface area contributed by atoms with Gasteiger partial charge in [-0.1, -0.05) is 23.7 Å². The molecule has 0 spiro atoms. The van der Waals surface area contributed by atoms with Gasteiger partial charge in [0, 0.05) is 10.6 Å². The first kappa shape index (κ1) is 17.8. The molecular formula is C18H17ClN4O3. The molecule has 0 unspecified atom stereocenters. The molecule has 7 nitrogen and oxygen atoms in total. The highest BCUT2D eigenvalue weighted by molar-refractivity contribution is 6.30. The van der Waals surface area contributed by atoms with Gasteiger partial charge in [0.1, 0.15) is 31.6 Å². The highest BCUT2D eigenvalue weighted by atomic mass is 35.5. The van der Waals surface area contributed by atoms with Crippen LogP contribution in [0.4, 0.5) is 0 Å². The molecule has 1 aromatic heterocycles. The predicted molar refractivity (Wildman–Crippen MR) is 98.5 cm³/mol. The molecule has 0 radical (unpaired) electrons. The summed E-state index contributed by atoms with van der Waals surface area (Å²) in [6, 6.07) is 12.8. The lowest BCUT2D eigenvalue weighted by atomic mass is 10.2. The molecule has 1 heterocycles. The maximum absolute atomic E-state index is 6.06. The number of methoxy groups -OCH3 is 1. The molecule has 0 aliphatic rings. The summed E-state index contributed by atoms with van der Waals surface area (Å²) in [4.78, 5) is 0. The SMILES string of the molecule is COc1ccccc1OCCOc1ccc(Cl)cc1/C=N\n1cnnc1. The van der Waals surface area contributed by atoms with Crippen molar-refractivity contribution in [2.75, 3.05) is 20.3 Å². The van der Waals surface area contributed by atoms with Crippen molar-refractivity contribution in [1.29, 1.82) is 0 Å². The summed E-state index contributed by atoms with van der Waals surface area (Å²) >= 11 is 6.06. The Hall–Kier alpha value is -3.06. The smallest absolute Gasteiger partial charge is 0.161 e. The molecule has 2 aromatic carbocycles. The first-order valence-electron chi connectivity index (χ1n) is 7.83. The Morgan fingerprint density at radius 2 is 1.69 bits per heavy atom. The number of hydrogen-bond acceptors (Lipinski definition) is 6. The van der Waals surface area contributed by atoms with E-state index in [1.807, 2.05) is 24.3 Å². The molecule has 0 aliphatic heterocycles. The summed E-state index contributed by atoms with van der Waals surface area (Å²) in [6.45, 7) is 0.720. The molecule has 0 bridgehead atoms. The summed E-state index contributed by atoms with van der Waals surface area (Å²) < 4.78 is 18.2. The van der Waals surface area contributed by atoms with Gasteiger partial charge in [-0.05, 0) is 30.3 Å². The number of rotatable bonds is 8. The lowest BCUT2D eigenvalue weighted by Crippen LogP contribution is -2.10. The standard InChI is InChI=1S/C18H17ClN4O3/c1-24-17-4-2-3-5-18(17)26-9-8-25-16-7-6-15(19)10-14(16)11-22-23-12-20-21-13-23/h2-7,10-13H,8-9H2,1H3/b22-11-. The quantitative estimate of drug-likeness (QED) is 0.448. The Labute approximate surface area is 155 Å².